The van der Waals surface area contributed by atoms with Crippen LogP contribution in [0.5, 0.6) is 0 Å². The van der Waals surface area contributed by atoms with E-state index in [1.54, 1.807) is 0 Å². The van der Waals surface area contributed by atoms with Crippen molar-refractivity contribution < 1.29 is 0 Å². The smallest absolute Gasteiger partial charge is 0.0357 e. The molecule has 4 saturated heterocycles. The van der Waals surface area contributed by atoms with E-state index >= 15 is 0 Å². The number of hydrogen-bond acceptors (Lipinski definition) is 3. The summed E-state index contributed by atoms with van der Waals surface area (Å²) in [6.07, 6.45) is 1.46. The summed E-state index contributed by atoms with van der Waals surface area (Å²) in [7, 11) is 4.47. The number of likely N-dealkylation sites (N-methyl/N-ethyl adjacent to an activating group) is 2. The molecule has 0 amide bonds. The predicted molar refractivity (Wildman–Crippen MR) is 52.8 cm³/mol. The second-order valence-corrected chi connectivity index (χ2v) is 5.09. The van der Waals surface area contributed by atoms with Crippen LogP contribution in [-0.2, 0) is 0 Å². The van der Waals surface area contributed by atoms with E-state index in [1.165, 1.54) is 32.6 Å². The zero-order chi connectivity index (χ0) is 9.00. The van der Waals surface area contributed by atoms with Gasteiger partial charge >= 0.3 is 0 Å². The van der Waals surface area contributed by atoms with Crippen molar-refractivity contribution in [2.24, 2.45) is 0 Å². The average molecular weight is 181 g/mol. The van der Waals surface area contributed by atoms with Crippen molar-refractivity contribution in [3.8, 4) is 0 Å². The molecule has 0 aromatic heterocycles. The fraction of sp³-hybridized carbons (Fsp3) is 1.00. The lowest BCUT2D eigenvalue weighted by atomic mass is 9.84. The predicted octanol–water partition coefficient (Wildman–Crippen LogP) is -0.311. The van der Waals surface area contributed by atoms with E-state index in [-0.39, 0.29) is 0 Å². The molecule has 13 heavy (non-hydrogen) atoms. The lowest BCUT2D eigenvalue weighted by molar-refractivity contribution is -0.122. The van der Waals surface area contributed by atoms with Crippen LogP contribution in [0.15, 0.2) is 0 Å². The van der Waals surface area contributed by atoms with Gasteiger partial charge in [0.1, 0.15) is 0 Å². The molecule has 2 atom stereocenters. The van der Waals surface area contributed by atoms with E-state index in [4.69, 9.17) is 0 Å². The van der Waals surface area contributed by atoms with E-state index in [0.717, 1.165) is 18.1 Å². The highest BCUT2D eigenvalue weighted by Crippen LogP contribution is 2.35. The number of piperidine rings is 1. The van der Waals surface area contributed by atoms with Crippen LogP contribution in [-0.4, -0.2) is 73.1 Å². The Kier molecular flexibility index (Phi) is 1.70. The molecule has 3 nitrogen and oxygen atoms in total. The first-order valence-corrected chi connectivity index (χ1v) is 5.38. The first-order chi connectivity index (χ1) is 6.24. The lowest BCUT2D eigenvalue weighted by Crippen LogP contribution is -2.75. The van der Waals surface area contributed by atoms with Gasteiger partial charge in [-0.1, -0.05) is 0 Å². The second kappa shape index (κ2) is 2.69. The lowest BCUT2D eigenvalue weighted by Gasteiger charge is -2.61. The Bertz CT molecular complexity index is 193. The van der Waals surface area contributed by atoms with Gasteiger partial charge in [-0.2, -0.15) is 0 Å². The largest absolute Gasteiger partial charge is 0.303 e. The van der Waals surface area contributed by atoms with Gasteiger partial charge in [0, 0.05) is 44.3 Å². The van der Waals surface area contributed by atoms with Crippen molar-refractivity contribution in [1.82, 2.24) is 14.7 Å². The van der Waals surface area contributed by atoms with Crippen molar-refractivity contribution in [1.29, 1.82) is 0 Å². The van der Waals surface area contributed by atoms with E-state index < -0.39 is 0 Å². The van der Waals surface area contributed by atoms with Gasteiger partial charge in [-0.15, -0.1) is 0 Å². The summed E-state index contributed by atoms with van der Waals surface area (Å²) in [5.74, 6) is 0. The average Bonchev–Trinajstić information content (AvgIpc) is 2.00. The van der Waals surface area contributed by atoms with Gasteiger partial charge in [0.05, 0.1) is 0 Å². The minimum absolute atomic E-state index is 0.891. The maximum absolute atomic E-state index is 2.78. The SMILES string of the molecule is CN1CC2CC(C1)N2C1CN(C)C1. The van der Waals surface area contributed by atoms with E-state index in [9.17, 15) is 0 Å². The van der Waals surface area contributed by atoms with Gasteiger partial charge in [0.25, 0.3) is 0 Å². The summed E-state index contributed by atoms with van der Waals surface area (Å²) in [4.78, 5) is 7.68. The van der Waals surface area contributed by atoms with Crippen LogP contribution in [0, 0.1) is 0 Å². The molecule has 4 rings (SSSR count). The molecule has 4 aliphatic rings. The Morgan fingerprint density at radius 3 is 1.77 bits per heavy atom. The van der Waals surface area contributed by atoms with Gasteiger partial charge in [-0.3, -0.25) is 4.90 Å². The molecule has 4 fully saturated rings. The summed E-state index contributed by atoms with van der Waals surface area (Å²) < 4.78 is 0. The zero-order valence-corrected chi connectivity index (χ0v) is 8.61. The monoisotopic (exact) mass is 181 g/mol. The highest BCUT2D eigenvalue weighted by atomic mass is 15.4. The van der Waals surface area contributed by atoms with Crippen molar-refractivity contribution in [2.75, 3.05) is 40.3 Å². The molecule has 0 aromatic carbocycles. The Morgan fingerprint density at radius 1 is 0.769 bits per heavy atom. The summed E-state index contributed by atoms with van der Waals surface area (Å²) in [6, 6.07) is 2.67. The number of rotatable bonds is 1. The third-order valence-corrected chi connectivity index (χ3v) is 3.90. The third-order valence-electron chi connectivity index (χ3n) is 3.90. The second-order valence-electron chi connectivity index (χ2n) is 5.09. The molecule has 2 unspecified atom stereocenters. The van der Waals surface area contributed by atoms with Crippen LogP contribution >= 0.6 is 0 Å². The van der Waals surface area contributed by atoms with Crippen molar-refractivity contribution in [2.45, 2.75) is 24.5 Å². The number of likely N-dealkylation sites (tertiary alicyclic amines) is 1. The first-order valence-electron chi connectivity index (χ1n) is 5.38. The van der Waals surface area contributed by atoms with Crippen LogP contribution in [0.4, 0.5) is 0 Å². The molecule has 4 heterocycles. The molecule has 0 aliphatic carbocycles. The van der Waals surface area contributed by atoms with Gasteiger partial charge in [0.15, 0.2) is 0 Å². The number of hydrogen-bond donors (Lipinski definition) is 0. The van der Waals surface area contributed by atoms with Crippen molar-refractivity contribution in [3.63, 3.8) is 0 Å². The minimum Gasteiger partial charge on any atom is -0.303 e. The molecule has 3 heteroatoms. The highest BCUT2D eigenvalue weighted by Gasteiger charge is 2.48. The molecule has 74 valence electrons. The molecule has 0 N–H and O–H groups in total. The Hall–Kier alpha value is -0.120. The molecular weight excluding hydrogens is 162 g/mol. The topological polar surface area (TPSA) is 9.72 Å². The summed E-state index contributed by atoms with van der Waals surface area (Å²) in [5, 5.41) is 0. The Labute approximate surface area is 80.3 Å². The Morgan fingerprint density at radius 2 is 1.23 bits per heavy atom. The fourth-order valence-electron chi connectivity index (χ4n) is 3.30. The van der Waals surface area contributed by atoms with E-state index in [0.29, 0.717) is 0 Å². The van der Waals surface area contributed by atoms with Crippen molar-refractivity contribution in [3.05, 3.63) is 0 Å². The number of nitrogens with zero attached hydrogens (tertiary/aromatic N) is 3. The third kappa shape index (κ3) is 1.14. The van der Waals surface area contributed by atoms with Gasteiger partial charge < -0.3 is 9.80 Å². The van der Waals surface area contributed by atoms with Crippen molar-refractivity contribution >= 4 is 0 Å². The van der Waals surface area contributed by atoms with Crippen LogP contribution in [0.3, 0.4) is 0 Å². The maximum Gasteiger partial charge on any atom is 0.0357 e. The number of fused-ring (bicyclic) bond motifs is 2. The molecule has 0 aromatic rings. The van der Waals surface area contributed by atoms with Crippen LogP contribution < -0.4 is 0 Å². The quantitative estimate of drug-likeness (QED) is 0.549. The summed E-state index contributed by atoms with van der Waals surface area (Å²) >= 11 is 0. The molecule has 0 saturated carbocycles. The van der Waals surface area contributed by atoms with E-state index in [1.807, 2.05) is 0 Å². The normalized spacial score (nSPS) is 42.9. The molecule has 4 aliphatic heterocycles. The van der Waals surface area contributed by atoms with Gasteiger partial charge in [-0.05, 0) is 20.5 Å². The first kappa shape index (κ1) is 8.21. The highest BCUT2D eigenvalue weighted by molar-refractivity contribution is 5.05. The molecule has 0 radical (unpaired) electrons. The zero-order valence-electron chi connectivity index (χ0n) is 8.61. The number of piperazine rings is 1. The van der Waals surface area contributed by atoms with Gasteiger partial charge in [0.2, 0.25) is 0 Å². The van der Waals surface area contributed by atoms with Crippen LogP contribution in [0.1, 0.15) is 6.42 Å². The Balaban J connectivity index is 1.62. The minimum atomic E-state index is 0.891. The molecule has 0 spiro atoms. The molecule has 2 bridgehead atoms. The van der Waals surface area contributed by atoms with Crippen LogP contribution in [0.2, 0.25) is 0 Å². The van der Waals surface area contributed by atoms with Gasteiger partial charge in [-0.25, -0.2) is 0 Å². The van der Waals surface area contributed by atoms with E-state index in [2.05, 4.69) is 28.8 Å². The summed E-state index contributed by atoms with van der Waals surface area (Å²) in [6.45, 7) is 5.21. The standard InChI is InChI=1S/C10H19N3/c1-11-4-8-3-9(5-11)13(8)10-6-12(2)7-10/h8-10H,3-7H2,1-2H3. The molecular formula is C10H19N3. The van der Waals surface area contributed by atoms with Crippen LogP contribution in [0.25, 0.3) is 0 Å². The fourth-order valence-corrected chi connectivity index (χ4v) is 3.30. The summed E-state index contributed by atoms with van der Waals surface area (Å²) in [5.41, 5.74) is 0. The maximum atomic E-state index is 2.78.